The minimum atomic E-state index is -0.339. The third-order valence-corrected chi connectivity index (χ3v) is 4.40. The Morgan fingerprint density at radius 2 is 1.70 bits per heavy atom. The Morgan fingerprint density at radius 3 is 2.33 bits per heavy atom. The van der Waals surface area contributed by atoms with E-state index in [2.05, 4.69) is 25.6 Å². The van der Waals surface area contributed by atoms with Crippen LogP contribution >= 0.6 is 0 Å². The lowest BCUT2D eigenvalue weighted by Gasteiger charge is -2.09. The standard InChI is InChI=1S/C18H25N7O2/c1-5-9-24-16-13(17(26)25(10-6-2)18(24)27)22-15(23-16)11-7-8-12(19-3)21-14(11)20-4/h7-8H,5-6,9-10H2,1-4H3,(H,22,23)(H2,19,20,21). The summed E-state index contributed by atoms with van der Waals surface area (Å²) in [5.74, 6) is 1.84. The van der Waals surface area contributed by atoms with Crippen molar-refractivity contribution in [2.75, 3.05) is 24.7 Å². The monoisotopic (exact) mass is 371 g/mol. The first kappa shape index (κ1) is 18.7. The third-order valence-electron chi connectivity index (χ3n) is 4.40. The number of aryl methyl sites for hydroxylation is 1. The largest absolute Gasteiger partial charge is 0.373 e. The predicted molar refractivity (Wildman–Crippen MR) is 108 cm³/mol. The molecule has 0 aliphatic rings. The molecule has 0 unspecified atom stereocenters. The normalized spacial score (nSPS) is 11.1. The van der Waals surface area contributed by atoms with Crippen molar-refractivity contribution >= 4 is 22.8 Å². The van der Waals surface area contributed by atoms with Gasteiger partial charge in [0.25, 0.3) is 5.56 Å². The number of hydrogen-bond donors (Lipinski definition) is 3. The molecule has 0 bridgehead atoms. The minimum absolute atomic E-state index is 0.313. The van der Waals surface area contributed by atoms with E-state index < -0.39 is 0 Å². The molecule has 0 spiro atoms. The van der Waals surface area contributed by atoms with E-state index in [1.165, 1.54) is 4.57 Å². The zero-order valence-corrected chi connectivity index (χ0v) is 16.1. The zero-order valence-electron chi connectivity index (χ0n) is 16.1. The topological polar surface area (TPSA) is 110 Å². The molecule has 9 nitrogen and oxygen atoms in total. The average Bonchev–Trinajstić information content (AvgIpc) is 3.13. The first-order chi connectivity index (χ1) is 13.0. The van der Waals surface area contributed by atoms with Gasteiger partial charge in [0, 0.05) is 27.2 Å². The van der Waals surface area contributed by atoms with Gasteiger partial charge in [-0.15, -0.1) is 0 Å². The van der Waals surface area contributed by atoms with Crippen LogP contribution in [0.25, 0.3) is 22.6 Å². The highest BCUT2D eigenvalue weighted by molar-refractivity contribution is 5.80. The summed E-state index contributed by atoms with van der Waals surface area (Å²) in [7, 11) is 3.57. The van der Waals surface area contributed by atoms with Crippen molar-refractivity contribution in [3.8, 4) is 11.4 Å². The maximum atomic E-state index is 12.8. The van der Waals surface area contributed by atoms with Crippen molar-refractivity contribution < 1.29 is 0 Å². The number of pyridine rings is 1. The van der Waals surface area contributed by atoms with Crippen LogP contribution in [0.3, 0.4) is 0 Å². The van der Waals surface area contributed by atoms with Crippen LogP contribution in [0, 0.1) is 0 Å². The highest BCUT2D eigenvalue weighted by Gasteiger charge is 2.19. The molecule has 0 fully saturated rings. The highest BCUT2D eigenvalue weighted by Crippen LogP contribution is 2.26. The molecule has 0 amide bonds. The van der Waals surface area contributed by atoms with Crippen LogP contribution in [0.2, 0.25) is 0 Å². The number of H-pyrrole nitrogens is 1. The second-order valence-corrected chi connectivity index (χ2v) is 6.27. The average molecular weight is 371 g/mol. The summed E-state index contributed by atoms with van der Waals surface area (Å²) < 4.78 is 2.85. The van der Waals surface area contributed by atoms with Crippen LogP contribution in [0.1, 0.15) is 26.7 Å². The first-order valence-corrected chi connectivity index (χ1v) is 9.15. The number of hydrogen-bond acceptors (Lipinski definition) is 6. The maximum Gasteiger partial charge on any atom is 0.332 e. The molecule has 0 aromatic carbocycles. The Balaban J connectivity index is 2.29. The quantitative estimate of drug-likeness (QED) is 0.585. The second kappa shape index (κ2) is 7.65. The molecule has 0 saturated heterocycles. The summed E-state index contributed by atoms with van der Waals surface area (Å²) >= 11 is 0. The fourth-order valence-electron chi connectivity index (χ4n) is 3.12. The zero-order chi connectivity index (χ0) is 19.6. The third kappa shape index (κ3) is 3.20. The van der Waals surface area contributed by atoms with Gasteiger partial charge in [0.1, 0.15) is 23.0 Å². The summed E-state index contributed by atoms with van der Waals surface area (Å²) in [6.07, 6.45) is 1.47. The molecule has 3 rings (SSSR count). The van der Waals surface area contributed by atoms with Gasteiger partial charge in [-0.25, -0.2) is 14.8 Å². The van der Waals surface area contributed by atoms with E-state index in [0.29, 0.717) is 48.1 Å². The number of aromatic nitrogens is 5. The van der Waals surface area contributed by atoms with Gasteiger partial charge in [0.2, 0.25) is 0 Å². The summed E-state index contributed by atoms with van der Waals surface area (Å²) in [4.78, 5) is 37.8. The lowest BCUT2D eigenvalue weighted by molar-refractivity contribution is 0.555. The van der Waals surface area contributed by atoms with Gasteiger partial charge >= 0.3 is 5.69 Å². The van der Waals surface area contributed by atoms with E-state index in [1.807, 2.05) is 26.0 Å². The number of aromatic amines is 1. The summed E-state index contributed by atoms with van der Waals surface area (Å²) in [6, 6.07) is 3.70. The fraction of sp³-hybridized carbons (Fsp3) is 0.444. The Labute approximate surface area is 156 Å². The number of imidazole rings is 1. The number of anilines is 2. The molecule has 0 atom stereocenters. The van der Waals surface area contributed by atoms with E-state index in [-0.39, 0.29) is 11.2 Å². The molecule has 27 heavy (non-hydrogen) atoms. The number of fused-ring (bicyclic) bond motifs is 1. The molecular weight excluding hydrogens is 346 g/mol. The second-order valence-electron chi connectivity index (χ2n) is 6.27. The van der Waals surface area contributed by atoms with Gasteiger partial charge < -0.3 is 15.6 Å². The number of nitrogens with one attached hydrogen (secondary N) is 3. The highest BCUT2D eigenvalue weighted by atomic mass is 16.2. The van der Waals surface area contributed by atoms with Crippen LogP contribution < -0.4 is 21.9 Å². The lowest BCUT2D eigenvalue weighted by atomic mass is 10.2. The Hall–Kier alpha value is -3.10. The van der Waals surface area contributed by atoms with Gasteiger partial charge in [0.05, 0.1) is 5.56 Å². The predicted octanol–water partition coefficient (Wildman–Crippen LogP) is 1.85. The SMILES string of the molecule is CCCn1c(=O)c2[nH]c(-c3ccc(NC)nc3NC)nc2n(CCC)c1=O. The van der Waals surface area contributed by atoms with E-state index in [9.17, 15) is 9.59 Å². The number of rotatable bonds is 7. The van der Waals surface area contributed by atoms with E-state index >= 15 is 0 Å². The van der Waals surface area contributed by atoms with Crippen LogP contribution in [-0.4, -0.2) is 38.2 Å². The molecule has 3 aromatic heterocycles. The van der Waals surface area contributed by atoms with E-state index in [4.69, 9.17) is 0 Å². The Morgan fingerprint density at radius 1 is 1.00 bits per heavy atom. The Bertz CT molecular complexity index is 1080. The molecule has 3 N–H and O–H groups in total. The summed E-state index contributed by atoms with van der Waals surface area (Å²) in [5.41, 5.74) is 0.797. The van der Waals surface area contributed by atoms with Gasteiger partial charge in [-0.1, -0.05) is 13.8 Å². The lowest BCUT2D eigenvalue weighted by Crippen LogP contribution is -2.40. The molecule has 144 valence electrons. The van der Waals surface area contributed by atoms with Crippen molar-refractivity contribution in [3.05, 3.63) is 33.0 Å². The molecular formula is C18H25N7O2. The van der Waals surface area contributed by atoms with Crippen molar-refractivity contribution in [1.29, 1.82) is 0 Å². The Kier molecular flexibility index (Phi) is 5.29. The molecule has 0 aliphatic heterocycles. The van der Waals surface area contributed by atoms with Crippen molar-refractivity contribution in [3.63, 3.8) is 0 Å². The first-order valence-electron chi connectivity index (χ1n) is 9.15. The van der Waals surface area contributed by atoms with Crippen LogP contribution in [0.5, 0.6) is 0 Å². The molecule has 0 aliphatic carbocycles. The van der Waals surface area contributed by atoms with Crippen LogP contribution in [0.4, 0.5) is 11.6 Å². The molecule has 9 heteroatoms. The van der Waals surface area contributed by atoms with Crippen molar-refractivity contribution in [2.45, 2.75) is 39.8 Å². The molecule has 0 radical (unpaired) electrons. The molecule has 3 heterocycles. The summed E-state index contributed by atoms with van der Waals surface area (Å²) in [5, 5.41) is 6.04. The minimum Gasteiger partial charge on any atom is -0.373 e. The van der Waals surface area contributed by atoms with Crippen LogP contribution in [-0.2, 0) is 13.1 Å². The van der Waals surface area contributed by atoms with Gasteiger partial charge in [0.15, 0.2) is 5.65 Å². The number of nitrogens with zero attached hydrogens (tertiary/aromatic N) is 4. The van der Waals surface area contributed by atoms with E-state index in [1.54, 1.807) is 18.7 Å². The van der Waals surface area contributed by atoms with Gasteiger partial charge in [-0.05, 0) is 25.0 Å². The molecule has 0 saturated carbocycles. The smallest absolute Gasteiger partial charge is 0.332 e. The fourth-order valence-corrected chi connectivity index (χ4v) is 3.12. The summed E-state index contributed by atoms with van der Waals surface area (Å²) in [6.45, 7) is 4.80. The van der Waals surface area contributed by atoms with Gasteiger partial charge in [-0.2, -0.15) is 0 Å². The van der Waals surface area contributed by atoms with E-state index in [0.717, 1.165) is 12.0 Å². The van der Waals surface area contributed by atoms with Crippen molar-refractivity contribution in [2.24, 2.45) is 0 Å². The maximum absolute atomic E-state index is 12.8. The van der Waals surface area contributed by atoms with Gasteiger partial charge in [-0.3, -0.25) is 13.9 Å². The molecule has 3 aromatic rings. The van der Waals surface area contributed by atoms with Crippen molar-refractivity contribution in [1.82, 2.24) is 24.1 Å². The van der Waals surface area contributed by atoms with Crippen LogP contribution in [0.15, 0.2) is 21.7 Å².